The van der Waals surface area contributed by atoms with Crippen molar-refractivity contribution in [3.8, 4) is 11.5 Å². The van der Waals surface area contributed by atoms with Crippen LogP contribution in [0.25, 0.3) is 0 Å². The first-order valence-electron chi connectivity index (χ1n) is 10.2. The molecule has 2 aliphatic heterocycles. The molecule has 2 heterocycles. The van der Waals surface area contributed by atoms with E-state index in [0.717, 1.165) is 0 Å². The summed E-state index contributed by atoms with van der Waals surface area (Å²) in [6, 6.07) is 3.19. The molecule has 10 heteroatoms. The second kappa shape index (κ2) is 9.23. The highest BCUT2D eigenvalue weighted by Crippen LogP contribution is 2.36. The van der Waals surface area contributed by atoms with Crippen LogP contribution in [-0.2, 0) is 19.2 Å². The van der Waals surface area contributed by atoms with Gasteiger partial charge in [0.1, 0.15) is 25.3 Å². The van der Waals surface area contributed by atoms with Gasteiger partial charge >= 0.3 is 5.97 Å². The molecule has 0 radical (unpaired) electrons. The lowest BCUT2D eigenvalue weighted by Gasteiger charge is -2.24. The highest BCUT2D eigenvalue weighted by Gasteiger charge is 2.37. The number of amides is 3. The zero-order valence-electron chi connectivity index (χ0n) is 17.7. The summed E-state index contributed by atoms with van der Waals surface area (Å²) in [6.45, 7) is 5.90. The van der Waals surface area contributed by atoms with Crippen molar-refractivity contribution in [1.29, 1.82) is 0 Å². The van der Waals surface area contributed by atoms with Gasteiger partial charge in [0.25, 0.3) is 0 Å². The fourth-order valence-electron chi connectivity index (χ4n) is 3.50. The smallest absolute Gasteiger partial charge is 0.325 e. The van der Waals surface area contributed by atoms with E-state index in [0.29, 0.717) is 30.4 Å². The third-order valence-corrected chi connectivity index (χ3v) is 5.31. The molecule has 3 atom stereocenters. The van der Waals surface area contributed by atoms with E-state index in [4.69, 9.17) is 14.6 Å². The number of aliphatic carboxylic acids is 1. The largest absolute Gasteiger partial charge is 0.486 e. The molecule has 1 fully saturated rings. The number of fused-ring (bicyclic) bond motifs is 1. The highest BCUT2D eigenvalue weighted by molar-refractivity contribution is 6.01. The molecule has 0 spiro atoms. The van der Waals surface area contributed by atoms with Crippen LogP contribution in [0.1, 0.15) is 27.2 Å². The summed E-state index contributed by atoms with van der Waals surface area (Å²) in [5, 5.41) is 14.0. The lowest BCUT2D eigenvalue weighted by atomic mass is 10.0. The molecular formula is C21H27N3O7. The second-order valence-electron chi connectivity index (χ2n) is 8.03. The van der Waals surface area contributed by atoms with Gasteiger partial charge in [-0.3, -0.25) is 19.2 Å². The molecule has 0 saturated carbocycles. The van der Waals surface area contributed by atoms with Crippen LogP contribution in [0.4, 0.5) is 5.69 Å². The van der Waals surface area contributed by atoms with Crippen LogP contribution in [0, 0.1) is 11.8 Å². The van der Waals surface area contributed by atoms with E-state index in [1.165, 1.54) is 11.8 Å². The van der Waals surface area contributed by atoms with E-state index < -0.39 is 35.8 Å². The fraction of sp³-hybridized carbons (Fsp3) is 0.524. The molecule has 10 nitrogen and oxygen atoms in total. The molecule has 31 heavy (non-hydrogen) atoms. The third-order valence-electron chi connectivity index (χ3n) is 5.31. The minimum Gasteiger partial charge on any atom is -0.486 e. The summed E-state index contributed by atoms with van der Waals surface area (Å²) in [5.41, 5.74) is 0.609. The number of nitrogens with zero attached hydrogens (tertiary/aromatic N) is 1. The standard InChI is InChI=1S/C21H27N3O7/c1-11(2)18(20(27)22-12(3)21(28)29)23-19(26)13-8-17(25)24(10-13)14-4-5-15-16(9-14)31-7-6-30-15/h4-5,9,11-13,18H,6-8,10H2,1-3H3,(H,22,27)(H,23,26)(H,28,29)/t12-,13?,18-/m0/s1. The molecule has 168 valence electrons. The zero-order chi connectivity index (χ0) is 22.7. The van der Waals surface area contributed by atoms with Gasteiger partial charge in [-0.25, -0.2) is 0 Å². The Morgan fingerprint density at radius 3 is 2.42 bits per heavy atom. The molecule has 0 aromatic heterocycles. The lowest BCUT2D eigenvalue weighted by molar-refractivity contribution is -0.142. The maximum atomic E-state index is 12.8. The van der Waals surface area contributed by atoms with E-state index in [2.05, 4.69) is 10.6 Å². The molecule has 0 aliphatic carbocycles. The minimum atomic E-state index is -1.17. The molecule has 2 aliphatic rings. The van der Waals surface area contributed by atoms with Gasteiger partial charge in [0.05, 0.1) is 5.92 Å². The van der Waals surface area contributed by atoms with Gasteiger partial charge in [-0.2, -0.15) is 0 Å². The number of benzene rings is 1. The van der Waals surface area contributed by atoms with Crippen molar-refractivity contribution in [1.82, 2.24) is 10.6 Å². The summed E-state index contributed by atoms with van der Waals surface area (Å²) in [4.78, 5) is 50.3. The number of carbonyl (C=O) groups is 4. The SMILES string of the molecule is CC(C)[C@H](NC(=O)C1CC(=O)N(c2ccc3c(c2)OCCO3)C1)C(=O)N[C@@H](C)C(=O)O. The van der Waals surface area contributed by atoms with Gasteiger partial charge in [-0.1, -0.05) is 13.8 Å². The summed E-state index contributed by atoms with van der Waals surface area (Å²) in [5.74, 6) is -2.12. The van der Waals surface area contributed by atoms with Crippen LogP contribution in [0.3, 0.4) is 0 Å². The van der Waals surface area contributed by atoms with Crippen molar-refractivity contribution < 1.29 is 33.8 Å². The van der Waals surface area contributed by atoms with Gasteiger partial charge in [-0.15, -0.1) is 0 Å². The Hall–Kier alpha value is -3.30. The molecule has 1 saturated heterocycles. The van der Waals surface area contributed by atoms with E-state index in [1.807, 2.05) is 0 Å². The van der Waals surface area contributed by atoms with E-state index in [9.17, 15) is 19.2 Å². The number of carbonyl (C=O) groups excluding carboxylic acids is 3. The molecule has 3 N–H and O–H groups in total. The predicted molar refractivity (Wildman–Crippen MR) is 110 cm³/mol. The molecule has 1 unspecified atom stereocenters. The number of anilines is 1. The summed E-state index contributed by atoms with van der Waals surface area (Å²) < 4.78 is 11.0. The minimum absolute atomic E-state index is 0.0121. The molecule has 3 amide bonds. The number of rotatable bonds is 7. The topological polar surface area (TPSA) is 134 Å². The number of carboxylic acids is 1. The van der Waals surface area contributed by atoms with Crippen LogP contribution >= 0.6 is 0 Å². The molecule has 3 rings (SSSR count). The van der Waals surface area contributed by atoms with Gasteiger partial charge in [-0.05, 0) is 25.0 Å². The second-order valence-corrected chi connectivity index (χ2v) is 8.03. The molecule has 0 bridgehead atoms. The number of hydrogen-bond acceptors (Lipinski definition) is 6. The fourth-order valence-corrected chi connectivity index (χ4v) is 3.50. The molecular weight excluding hydrogens is 406 g/mol. The third kappa shape index (κ3) is 5.07. The van der Waals surface area contributed by atoms with Gasteiger partial charge in [0, 0.05) is 24.7 Å². The lowest BCUT2D eigenvalue weighted by Crippen LogP contribution is -2.54. The first-order valence-corrected chi connectivity index (χ1v) is 10.2. The van der Waals surface area contributed by atoms with Crippen molar-refractivity contribution >= 4 is 29.4 Å². The molecule has 1 aromatic rings. The van der Waals surface area contributed by atoms with E-state index in [1.54, 1.807) is 32.0 Å². The highest BCUT2D eigenvalue weighted by atomic mass is 16.6. The van der Waals surface area contributed by atoms with E-state index in [-0.39, 0.29) is 24.8 Å². The van der Waals surface area contributed by atoms with E-state index >= 15 is 0 Å². The Kier molecular flexibility index (Phi) is 6.67. The number of nitrogens with one attached hydrogen (secondary N) is 2. The first-order chi connectivity index (χ1) is 14.7. The first kappa shape index (κ1) is 22.4. The summed E-state index contributed by atoms with van der Waals surface area (Å²) in [7, 11) is 0. The van der Waals surface area contributed by atoms with Gasteiger partial charge in [0.2, 0.25) is 17.7 Å². The van der Waals surface area contributed by atoms with Crippen LogP contribution in [0.15, 0.2) is 18.2 Å². The maximum absolute atomic E-state index is 12.8. The number of carboxylic acid groups (broad SMARTS) is 1. The van der Waals surface area contributed by atoms with Crippen molar-refractivity contribution in [3.63, 3.8) is 0 Å². The Balaban J connectivity index is 1.66. The normalized spacial score (nSPS) is 19.7. The zero-order valence-corrected chi connectivity index (χ0v) is 17.7. The Morgan fingerprint density at radius 2 is 1.77 bits per heavy atom. The number of ether oxygens (including phenoxy) is 2. The maximum Gasteiger partial charge on any atom is 0.325 e. The van der Waals surface area contributed by atoms with Gasteiger partial charge in [0.15, 0.2) is 11.5 Å². The van der Waals surface area contributed by atoms with Crippen LogP contribution < -0.4 is 25.0 Å². The van der Waals surface area contributed by atoms with Crippen LogP contribution in [0.2, 0.25) is 0 Å². The number of hydrogen-bond donors (Lipinski definition) is 3. The van der Waals surface area contributed by atoms with Crippen molar-refractivity contribution in [2.24, 2.45) is 11.8 Å². The van der Waals surface area contributed by atoms with Gasteiger partial charge < -0.3 is 30.1 Å². The Labute approximate surface area is 179 Å². The Bertz CT molecular complexity index is 886. The Morgan fingerprint density at radius 1 is 1.10 bits per heavy atom. The predicted octanol–water partition coefficient (Wildman–Crippen LogP) is 0.541. The molecule has 1 aromatic carbocycles. The quantitative estimate of drug-likeness (QED) is 0.571. The van der Waals surface area contributed by atoms with Crippen molar-refractivity contribution in [2.75, 3.05) is 24.7 Å². The van der Waals surface area contributed by atoms with Crippen LogP contribution in [0.5, 0.6) is 11.5 Å². The van der Waals surface area contributed by atoms with Crippen molar-refractivity contribution in [3.05, 3.63) is 18.2 Å². The van der Waals surface area contributed by atoms with Crippen LogP contribution in [-0.4, -0.2) is 60.6 Å². The monoisotopic (exact) mass is 433 g/mol. The summed E-state index contributed by atoms with van der Waals surface area (Å²) in [6.07, 6.45) is 0.0121. The van der Waals surface area contributed by atoms with Crippen molar-refractivity contribution in [2.45, 2.75) is 39.3 Å². The summed E-state index contributed by atoms with van der Waals surface area (Å²) >= 11 is 0. The average Bonchev–Trinajstić information content (AvgIpc) is 3.12. The average molecular weight is 433 g/mol.